The summed E-state index contributed by atoms with van der Waals surface area (Å²) in [6.07, 6.45) is 6.82. The Labute approximate surface area is 101 Å². The van der Waals surface area contributed by atoms with Crippen molar-refractivity contribution >= 4 is 11.7 Å². The average Bonchev–Trinajstić information content (AvgIpc) is 2.76. The van der Waals surface area contributed by atoms with Crippen LogP contribution in [0.5, 0.6) is 0 Å². The lowest BCUT2D eigenvalue weighted by molar-refractivity contribution is 0.186. The van der Waals surface area contributed by atoms with Crippen LogP contribution < -0.4 is 11.1 Å². The third kappa shape index (κ3) is 3.37. The monoisotopic (exact) mass is 237 g/mol. The summed E-state index contributed by atoms with van der Waals surface area (Å²) < 4.78 is 1.73. The molecular formula is C11H19N5O. The van der Waals surface area contributed by atoms with Crippen molar-refractivity contribution in [1.82, 2.24) is 20.0 Å². The lowest BCUT2D eigenvalue weighted by Crippen LogP contribution is -2.43. The first-order chi connectivity index (χ1) is 8.25. The van der Waals surface area contributed by atoms with Gasteiger partial charge in [-0.15, -0.1) is 0 Å². The molecule has 0 atom stereocenters. The maximum atomic E-state index is 11.8. The highest BCUT2D eigenvalue weighted by atomic mass is 16.2. The lowest BCUT2D eigenvalue weighted by atomic mass is 10.1. The van der Waals surface area contributed by atoms with Crippen molar-refractivity contribution in [1.29, 1.82) is 0 Å². The molecule has 1 aromatic rings. The molecule has 1 fully saturated rings. The minimum absolute atomic E-state index is 0.0322. The van der Waals surface area contributed by atoms with Gasteiger partial charge < -0.3 is 16.0 Å². The molecule has 0 aliphatic carbocycles. The molecule has 0 unspecified atom stereocenters. The number of nitrogen functional groups attached to an aromatic ring is 1. The standard InChI is InChI=1S/C11H19N5O/c12-10-8-14-16(9-10)7-4-13-11(17)15-5-2-1-3-6-15/h8-9H,1-7,12H2,(H,13,17). The number of nitrogens with one attached hydrogen (secondary N) is 1. The van der Waals surface area contributed by atoms with Crippen LogP contribution in [0.2, 0.25) is 0 Å². The molecule has 6 heteroatoms. The number of likely N-dealkylation sites (tertiary alicyclic amines) is 1. The first-order valence-corrected chi connectivity index (χ1v) is 6.06. The zero-order valence-corrected chi connectivity index (χ0v) is 9.93. The van der Waals surface area contributed by atoms with Gasteiger partial charge in [-0.25, -0.2) is 4.79 Å². The van der Waals surface area contributed by atoms with E-state index < -0.39 is 0 Å². The zero-order chi connectivity index (χ0) is 12.1. The van der Waals surface area contributed by atoms with Crippen LogP contribution in [0.3, 0.4) is 0 Å². The molecule has 1 saturated heterocycles. The largest absolute Gasteiger partial charge is 0.396 e. The van der Waals surface area contributed by atoms with Crippen molar-refractivity contribution in [2.24, 2.45) is 0 Å². The minimum Gasteiger partial charge on any atom is -0.396 e. The SMILES string of the molecule is Nc1cnn(CCNC(=O)N2CCCCC2)c1. The molecule has 0 saturated carbocycles. The van der Waals surface area contributed by atoms with Gasteiger partial charge in [-0.1, -0.05) is 0 Å². The van der Waals surface area contributed by atoms with E-state index in [4.69, 9.17) is 5.73 Å². The molecule has 1 aliphatic rings. The molecule has 1 aromatic heterocycles. The average molecular weight is 237 g/mol. The lowest BCUT2D eigenvalue weighted by Gasteiger charge is -2.26. The molecule has 0 aromatic carbocycles. The summed E-state index contributed by atoms with van der Waals surface area (Å²) in [5.74, 6) is 0. The van der Waals surface area contributed by atoms with Gasteiger partial charge in [-0.05, 0) is 19.3 Å². The summed E-state index contributed by atoms with van der Waals surface area (Å²) in [6.45, 7) is 2.98. The van der Waals surface area contributed by atoms with Gasteiger partial charge in [-0.3, -0.25) is 4.68 Å². The van der Waals surface area contributed by atoms with Gasteiger partial charge in [0.15, 0.2) is 0 Å². The maximum Gasteiger partial charge on any atom is 0.317 e. The van der Waals surface area contributed by atoms with E-state index in [0.717, 1.165) is 25.9 Å². The van der Waals surface area contributed by atoms with Gasteiger partial charge >= 0.3 is 6.03 Å². The van der Waals surface area contributed by atoms with Crippen molar-refractivity contribution in [2.75, 3.05) is 25.4 Å². The van der Waals surface area contributed by atoms with E-state index in [1.807, 2.05) is 4.90 Å². The fourth-order valence-corrected chi connectivity index (χ4v) is 1.99. The van der Waals surface area contributed by atoms with E-state index >= 15 is 0 Å². The van der Waals surface area contributed by atoms with Gasteiger partial charge in [0.25, 0.3) is 0 Å². The van der Waals surface area contributed by atoms with Gasteiger partial charge in [-0.2, -0.15) is 5.10 Å². The molecule has 1 aliphatic heterocycles. The van der Waals surface area contributed by atoms with Crippen LogP contribution in [0.15, 0.2) is 12.4 Å². The fraction of sp³-hybridized carbons (Fsp3) is 0.636. The molecule has 2 amide bonds. The van der Waals surface area contributed by atoms with Crippen molar-refractivity contribution < 1.29 is 4.79 Å². The summed E-state index contributed by atoms with van der Waals surface area (Å²) >= 11 is 0. The number of hydrogen-bond donors (Lipinski definition) is 2. The van der Waals surface area contributed by atoms with E-state index in [-0.39, 0.29) is 6.03 Å². The Morgan fingerprint density at radius 3 is 2.82 bits per heavy atom. The third-order valence-corrected chi connectivity index (χ3v) is 2.91. The van der Waals surface area contributed by atoms with Crippen molar-refractivity contribution in [3.8, 4) is 0 Å². The number of hydrogen-bond acceptors (Lipinski definition) is 3. The summed E-state index contributed by atoms with van der Waals surface area (Å²) in [7, 11) is 0. The van der Waals surface area contributed by atoms with Crippen LogP contribution in [0, 0.1) is 0 Å². The molecule has 6 nitrogen and oxygen atoms in total. The Hall–Kier alpha value is -1.72. The van der Waals surface area contributed by atoms with Crippen LogP contribution in [0.25, 0.3) is 0 Å². The first kappa shape index (κ1) is 11.8. The van der Waals surface area contributed by atoms with E-state index in [9.17, 15) is 4.79 Å². The van der Waals surface area contributed by atoms with Crippen molar-refractivity contribution in [3.05, 3.63) is 12.4 Å². The van der Waals surface area contributed by atoms with E-state index in [1.165, 1.54) is 6.42 Å². The van der Waals surface area contributed by atoms with E-state index in [1.54, 1.807) is 17.1 Å². The number of nitrogens with zero attached hydrogens (tertiary/aromatic N) is 3. The van der Waals surface area contributed by atoms with Crippen molar-refractivity contribution in [3.63, 3.8) is 0 Å². The third-order valence-electron chi connectivity index (χ3n) is 2.91. The molecule has 2 rings (SSSR count). The number of carbonyl (C=O) groups excluding carboxylic acids is 1. The topological polar surface area (TPSA) is 76.2 Å². The Morgan fingerprint density at radius 2 is 2.18 bits per heavy atom. The number of amides is 2. The van der Waals surface area contributed by atoms with Gasteiger partial charge in [0, 0.05) is 25.8 Å². The molecule has 0 spiro atoms. The summed E-state index contributed by atoms with van der Waals surface area (Å²) in [6, 6.07) is 0.0322. The number of urea groups is 1. The van der Waals surface area contributed by atoms with Crippen LogP contribution >= 0.6 is 0 Å². The Balaban J connectivity index is 1.69. The second kappa shape index (κ2) is 5.56. The maximum absolute atomic E-state index is 11.8. The first-order valence-electron chi connectivity index (χ1n) is 6.06. The highest BCUT2D eigenvalue weighted by Gasteiger charge is 2.15. The number of rotatable bonds is 3. The fourth-order valence-electron chi connectivity index (χ4n) is 1.99. The Morgan fingerprint density at radius 1 is 1.41 bits per heavy atom. The van der Waals surface area contributed by atoms with Crippen LogP contribution in [-0.2, 0) is 6.54 Å². The Bertz CT molecular complexity index is 370. The second-order valence-electron chi connectivity index (χ2n) is 4.32. The van der Waals surface area contributed by atoms with Gasteiger partial charge in [0.2, 0.25) is 0 Å². The summed E-state index contributed by atoms with van der Waals surface area (Å²) in [5.41, 5.74) is 6.19. The number of anilines is 1. The molecular weight excluding hydrogens is 218 g/mol. The molecule has 0 radical (unpaired) electrons. The highest BCUT2D eigenvalue weighted by Crippen LogP contribution is 2.08. The van der Waals surface area contributed by atoms with Crippen LogP contribution in [0.4, 0.5) is 10.5 Å². The molecule has 3 N–H and O–H groups in total. The minimum atomic E-state index is 0.0322. The Kier molecular flexibility index (Phi) is 3.85. The predicted octanol–water partition coefficient (Wildman–Crippen LogP) is 0.661. The molecule has 94 valence electrons. The smallest absolute Gasteiger partial charge is 0.317 e. The van der Waals surface area contributed by atoms with Crippen LogP contribution in [-0.4, -0.2) is 40.3 Å². The quantitative estimate of drug-likeness (QED) is 0.811. The second-order valence-corrected chi connectivity index (χ2v) is 4.32. The number of aromatic nitrogens is 2. The predicted molar refractivity (Wildman–Crippen MR) is 65.5 cm³/mol. The van der Waals surface area contributed by atoms with Crippen molar-refractivity contribution in [2.45, 2.75) is 25.8 Å². The number of nitrogens with two attached hydrogens (primary N) is 1. The molecule has 17 heavy (non-hydrogen) atoms. The number of carbonyl (C=O) groups is 1. The van der Waals surface area contributed by atoms with E-state index in [0.29, 0.717) is 18.8 Å². The molecule has 0 bridgehead atoms. The molecule has 2 heterocycles. The summed E-state index contributed by atoms with van der Waals surface area (Å²) in [4.78, 5) is 13.6. The normalized spacial score (nSPS) is 15.9. The highest BCUT2D eigenvalue weighted by molar-refractivity contribution is 5.74. The van der Waals surface area contributed by atoms with Gasteiger partial charge in [0.05, 0.1) is 18.4 Å². The summed E-state index contributed by atoms with van der Waals surface area (Å²) in [5, 5.41) is 6.95. The van der Waals surface area contributed by atoms with E-state index in [2.05, 4.69) is 10.4 Å². The number of piperidine rings is 1. The van der Waals surface area contributed by atoms with Gasteiger partial charge in [0.1, 0.15) is 0 Å². The van der Waals surface area contributed by atoms with Crippen LogP contribution in [0.1, 0.15) is 19.3 Å². The zero-order valence-electron chi connectivity index (χ0n) is 9.93.